The number of carbonyl (C=O) groups excluding carboxylic acids is 1. The molecular formula is C6H8NO2. The number of ether oxygens (including phenoxy) is 1. The highest BCUT2D eigenvalue weighted by atomic mass is 16.5. The number of nitriles is 1. The first-order valence-corrected chi connectivity index (χ1v) is 2.64. The molecule has 0 aromatic heterocycles. The van der Waals surface area contributed by atoms with Crippen molar-refractivity contribution >= 4 is 5.97 Å². The molecule has 0 fully saturated rings. The van der Waals surface area contributed by atoms with E-state index in [2.05, 4.69) is 4.74 Å². The van der Waals surface area contributed by atoms with Gasteiger partial charge in [-0.25, -0.2) is 0 Å². The molecule has 9 heavy (non-hydrogen) atoms. The van der Waals surface area contributed by atoms with Gasteiger partial charge in [-0.3, -0.25) is 4.79 Å². The van der Waals surface area contributed by atoms with E-state index < -0.39 is 0 Å². The minimum Gasteiger partial charge on any atom is -0.464 e. The molecule has 0 aliphatic heterocycles. The van der Waals surface area contributed by atoms with Crippen LogP contribution in [0.15, 0.2) is 0 Å². The first kappa shape index (κ1) is 7.96. The smallest absolute Gasteiger partial charge is 0.309 e. The molecule has 0 aromatic rings. The quantitative estimate of drug-likeness (QED) is 0.412. The molecule has 0 aliphatic rings. The van der Waals surface area contributed by atoms with Crippen molar-refractivity contribution < 1.29 is 9.53 Å². The molecule has 1 radical (unpaired) electrons. The summed E-state index contributed by atoms with van der Waals surface area (Å²) >= 11 is 0. The second kappa shape index (κ2) is 5.10. The predicted octanol–water partition coefficient (Wildman–Crippen LogP) is 0.667. The summed E-state index contributed by atoms with van der Waals surface area (Å²) in [5, 5.41) is 8.00. The summed E-state index contributed by atoms with van der Waals surface area (Å²) in [4.78, 5) is 10.3. The van der Waals surface area contributed by atoms with Crippen LogP contribution in [0.2, 0.25) is 0 Å². The maximum absolute atomic E-state index is 10.3. The summed E-state index contributed by atoms with van der Waals surface area (Å²) in [5.74, 6) is -0.370. The van der Waals surface area contributed by atoms with Crippen LogP contribution in [0.3, 0.4) is 0 Å². The van der Waals surface area contributed by atoms with E-state index in [0.29, 0.717) is 0 Å². The Balaban J connectivity index is 3.09. The Kier molecular flexibility index (Phi) is 4.51. The van der Waals surface area contributed by atoms with Gasteiger partial charge in [0, 0.05) is 0 Å². The average molecular weight is 126 g/mol. The van der Waals surface area contributed by atoms with E-state index in [1.807, 2.05) is 6.07 Å². The zero-order valence-corrected chi connectivity index (χ0v) is 5.26. The molecule has 0 amide bonds. The van der Waals surface area contributed by atoms with Crippen LogP contribution in [0.1, 0.15) is 13.3 Å². The average Bonchev–Trinajstić information content (AvgIpc) is 1.89. The predicted molar refractivity (Wildman–Crippen MR) is 31.2 cm³/mol. The summed E-state index contributed by atoms with van der Waals surface area (Å²) in [5.41, 5.74) is 0. The van der Waals surface area contributed by atoms with Gasteiger partial charge >= 0.3 is 5.97 Å². The fourth-order valence-electron chi connectivity index (χ4n) is 0.281. The minimum absolute atomic E-state index is 0.194. The zero-order chi connectivity index (χ0) is 7.11. The van der Waals surface area contributed by atoms with Gasteiger partial charge < -0.3 is 4.74 Å². The van der Waals surface area contributed by atoms with Crippen molar-refractivity contribution in [1.82, 2.24) is 0 Å². The van der Waals surface area contributed by atoms with Gasteiger partial charge in [-0.2, -0.15) is 5.26 Å². The number of hydrogen-bond donors (Lipinski definition) is 0. The Hall–Kier alpha value is -1.04. The van der Waals surface area contributed by atoms with Gasteiger partial charge in [0.1, 0.15) is 6.61 Å². The second-order valence-electron chi connectivity index (χ2n) is 1.36. The third-order valence-electron chi connectivity index (χ3n) is 0.694. The Morgan fingerprint density at radius 3 is 3.00 bits per heavy atom. The first-order valence-electron chi connectivity index (χ1n) is 2.64. The Bertz CT molecular complexity index is 126. The highest BCUT2D eigenvalue weighted by Crippen LogP contribution is 1.84. The molecule has 0 saturated carbocycles. The molecular weight excluding hydrogens is 118 g/mol. The lowest BCUT2D eigenvalue weighted by atomic mass is 10.5. The minimum atomic E-state index is -0.370. The van der Waals surface area contributed by atoms with Crippen molar-refractivity contribution in [1.29, 1.82) is 5.26 Å². The van der Waals surface area contributed by atoms with E-state index in [4.69, 9.17) is 5.26 Å². The molecule has 0 heterocycles. The van der Waals surface area contributed by atoms with Crippen molar-refractivity contribution in [2.24, 2.45) is 0 Å². The fourth-order valence-corrected chi connectivity index (χ4v) is 0.281. The third-order valence-corrected chi connectivity index (χ3v) is 0.694. The van der Waals surface area contributed by atoms with Gasteiger partial charge in [-0.1, -0.05) is 6.92 Å². The Morgan fingerprint density at radius 2 is 2.56 bits per heavy atom. The van der Waals surface area contributed by atoms with Gasteiger partial charge in [0.25, 0.3) is 0 Å². The molecule has 0 atom stereocenters. The normalized spacial score (nSPS) is 8.00. The van der Waals surface area contributed by atoms with Crippen LogP contribution in [0.25, 0.3) is 0 Å². The number of hydrogen-bond acceptors (Lipinski definition) is 3. The van der Waals surface area contributed by atoms with Gasteiger partial charge in [-0.05, 0) is 0 Å². The monoisotopic (exact) mass is 126 g/mol. The van der Waals surface area contributed by atoms with Crippen LogP contribution in [0.4, 0.5) is 0 Å². The molecule has 49 valence electrons. The number of esters is 1. The number of nitrogens with zero attached hydrogens (tertiary/aromatic N) is 1. The first-order chi connectivity index (χ1) is 4.31. The van der Waals surface area contributed by atoms with Gasteiger partial charge in [0.15, 0.2) is 0 Å². The van der Waals surface area contributed by atoms with Crippen molar-refractivity contribution in [2.75, 3.05) is 6.61 Å². The number of rotatable bonds is 3. The van der Waals surface area contributed by atoms with E-state index in [1.165, 1.54) is 6.42 Å². The standard InChI is InChI=1S/C6H8NO2/c1-2-6(8)9-5-3-4-7/h2H,3,5H2,1H3. The van der Waals surface area contributed by atoms with Crippen molar-refractivity contribution in [3.63, 3.8) is 0 Å². The highest BCUT2D eigenvalue weighted by molar-refractivity contribution is 5.78. The largest absolute Gasteiger partial charge is 0.464 e. The van der Waals surface area contributed by atoms with Crippen LogP contribution in [0.5, 0.6) is 0 Å². The fraction of sp³-hybridized carbons (Fsp3) is 0.500. The highest BCUT2D eigenvalue weighted by Gasteiger charge is 1.95. The topological polar surface area (TPSA) is 50.1 Å². The van der Waals surface area contributed by atoms with Gasteiger partial charge in [0.2, 0.25) is 0 Å². The van der Waals surface area contributed by atoms with E-state index >= 15 is 0 Å². The Labute approximate surface area is 54.2 Å². The Morgan fingerprint density at radius 1 is 1.89 bits per heavy atom. The zero-order valence-electron chi connectivity index (χ0n) is 5.26. The van der Waals surface area contributed by atoms with Crippen molar-refractivity contribution in [2.45, 2.75) is 13.3 Å². The molecule has 0 spiro atoms. The van der Waals surface area contributed by atoms with Gasteiger partial charge in [0.05, 0.1) is 18.9 Å². The van der Waals surface area contributed by atoms with E-state index in [9.17, 15) is 4.79 Å². The molecule has 3 nitrogen and oxygen atoms in total. The lowest BCUT2D eigenvalue weighted by molar-refractivity contribution is -0.139. The van der Waals surface area contributed by atoms with Crippen molar-refractivity contribution in [3.8, 4) is 6.07 Å². The molecule has 3 heteroatoms. The van der Waals surface area contributed by atoms with Crippen LogP contribution >= 0.6 is 0 Å². The third kappa shape index (κ3) is 4.82. The number of carbonyl (C=O) groups is 1. The molecule has 0 bridgehead atoms. The van der Waals surface area contributed by atoms with Crippen LogP contribution in [-0.2, 0) is 9.53 Å². The molecule has 0 N–H and O–H groups in total. The lowest BCUT2D eigenvalue weighted by Crippen LogP contribution is -2.03. The summed E-state index contributed by atoms with van der Waals surface area (Å²) < 4.78 is 4.51. The summed E-state index contributed by atoms with van der Waals surface area (Å²) in [7, 11) is 0. The molecule has 0 rings (SSSR count). The lowest BCUT2D eigenvalue weighted by Gasteiger charge is -1.95. The van der Waals surface area contributed by atoms with Crippen LogP contribution < -0.4 is 0 Å². The van der Waals surface area contributed by atoms with Crippen LogP contribution in [0, 0.1) is 17.8 Å². The maximum atomic E-state index is 10.3. The van der Waals surface area contributed by atoms with Crippen molar-refractivity contribution in [3.05, 3.63) is 6.42 Å². The summed E-state index contributed by atoms with van der Waals surface area (Å²) in [6, 6.07) is 1.86. The second-order valence-corrected chi connectivity index (χ2v) is 1.36. The van der Waals surface area contributed by atoms with Gasteiger partial charge in [-0.15, -0.1) is 0 Å². The summed E-state index contributed by atoms with van der Waals surface area (Å²) in [6.07, 6.45) is 1.58. The van der Waals surface area contributed by atoms with Crippen LogP contribution in [-0.4, -0.2) is 12.6 Å². The molecule has 0 aliphatic carbocycles. The maximum Gasteiger partial charge on any atom is 0.309 e. The summed E-state index contributed by atoms with van der Waals surface area (Å²) in [6.45, 7) is 1.79. The van der Waals surface area contributed by atoms with E-state index in [-0.39, 0.29) is 19.0 Å². The SMILES string of the molecule is C[CH]C(=O)OCCC#N. The molecule has 0 saturated heterocycles. The molecule has 0 unspecified atom stereocenters. The van der Waals surface area contributed by atoms with E-state index in [1.54, 1.807) is 6.92 Å². The molecule has 0 aromatic carbocycles. The van der Waals surface area contributed by atoms with E-state index in [0.717, 1.165) is 0 Å².